The topological polar surface area (TPSA) is 177 Å². The molecule has 418 valence electrons. The van der Waals surface area contributed by atoms with Gasteiger partial charge in [0, 0.05) is 85.7 Å². The highest BCUT2D eigenvalue weighted by Crippen LogP contribution is 2.46. The maximum Gasteiger partial charge on any atom is 0.407 e. The van der Waals surface area contributed by atoms with Crippen molar-refractivity contribution in [2.75, 3.05) is 77.0 Å². The monoisotopic (exact) mass is 1110 g/mol. The summed E-state index contributed by atoms with van der Waals surface area (Å²) in [6, 6.07) is 22.9. The van der Waals surface area contributed by atoms with Crippen LogP contribution in [0.25, 0.3) is 11.1 Å². The molecule has 0 bridgehead atoms. The molecule has 5 amide bonds. The highest BCUT2D eigenvalue weighted by molar-refractivity contribution is 6.76. The van der Waals surface area contributed by atoms with E-state index in [1.807, 2.05) is 31.2 Å². The number of carbonyl (C=O) groups excluding carboxylic acids is 4. The molecule has 2 atom stereocenters. The Hall–Kier alpha value is -7.20. The van der Waals surface area contributed by atoms with Crippen LogP contribution in [0.5, 0.6) is 23.0 Å². The Balaban J connectivity index is 0.905. The van der Waals surface area contributed by atoms with Gasteiger partial charge in [-0.05, 0) is 65.4 Å². The maximum atomic E-state index is 14.8. The van der Waals surface area contributed by atoms with Gasteiger partial charge in [-0.2, -0.15) is 0 Å². The van der Waals surface area contributed by atoms with E-state index in [2.05, 4.69) is 63.5 Å². The summed E-state index contributed by atoms with van der Waals surface area (Å²) in [6.45, 7) is 16.9. The first-order valence-electron chi connectivity index (χ1n) is 27.1. The van der Waals surface area contributed by atoms with Crippen LogP contribution in [0.4, 0.5) is 16.2 Å². The third kappa shape index (κ3) is 12.3. The fourth-order valence-corrected chi connectivity index (χ4v) is 12.2. The van der Waals surface area contributed by atoms with Crippen molar-refractivity contribution in [2.24, 2.45) is 0 Å². The lowest BCUT2D eigenvalue weighted by Crippen LogP contribution is -2.45. The number of fused-ring (bicyclic) bond motifs is 7. The molecule has 1 N–H and O–H groups in total. The summed E-state index contributed by atoms with van der Waals surface area (Å²) in [5.74, 6) is -0.184. The molecular weight excluding hydrogens is 1040 g/mol. The lowest BCUT2D eigenvalue weighted by molar-refractivity contribution is -0.123. The second kappa shape index (κ2) is 23.6. The zero-order chi connectivity index (χ0) is 56.3. The summed E-state index contributed by atoms with van der Waals surface area (Å²) >= 11 is 0. The highest BCUT2D eigenvalue weighted by atomic mass is 28.3. The third-order valence-electron chi connectivity index (χ3n) is 15.0. The molecule has 0 spiro atoms. The van der Waals surface area contributed by atoms with Gasteiger partial charge in [-0.15, -0.1) is 0 Å². The number of carboxylic acid groups (broad SMARTS) is 1. The van der Waals surface area contributed by atoms with Crippen molar-refractivity contribution in [1.82, 2.24) is 14.7 Å². The molecule has 79 heavy (non-hydrogen) atoms. The van der Waals surface area contributed by atoms with Crippen molar-refractivity contribution in [3.05, 3.63) is 131 Å². The molecule has 4 heterocycles. The lowest BCUT2D eigenvalue weighted by atomic mass is 9.96. The number of rotatable bonds is 23. The number of allylic oxidation sites excluding steroid dienone is 1. The highest BCUT2D eigenvalue weighted by Gasteiger charge is 2.45. The van der Waals surface area contributed by atoms with E-state index in [0.29, 0.717) is 65.8 Å². The normalized spacial score (nSPS) is 17.9. The van der Waals surface area contributed by atoms with E-state index in [4.69, 9.17) is 28.4 Å². The van der Waals surface area contributed by atoms with E-state index in [0.717, 1.165) is 39.9 Å². The molecule has 19 heteroatoms. The van der Waals surface area contributed by atoms with Crippen molar-refractivity contribution >= 4 is 57.2 Å². The average Bonchev–Trinajstić information content (AvgIpc) is 4.27. The van der Waals surface area contributed by atoms with Gasteiger partial charge in [0.2, 0.25) is 0 Å². The summed E-state index contributed by atoms with van der Waals surface area (Å²) in [4.78, 5) is 77.8. The van der Waals surface area contributed by atoms with Crippen LogP contribution in [-0.4, -0.2) is 145 Å². The smallest absolute Gasteiger partial charge is 0.407 e. The molecule has 4 aliphatic heterocycles. The van der Waals surface area contributed by atoms with Crippen LogP contribution in [0.15, 0.2) is 108 Å². The van der Waals surface area contributed by atoms with E-state index in [1.165, 1.54) is 38.7 Å². The largest absolute Gasteiger partial charge is 0.493 e. The second-order valence-electron chi connectivity index (χ2n) is 23.2. The van der Waals surface area contributed by atoms with Crippen LogP contribution in [0.3, 0.4) is 0 Å². The van der Waals surface area contributed by atoms with Crippen LogP contribution in [0.1, 0.15) is 63.9 Å². The summed E-state index contributed by atoms with van der Waals surface area (Å²) in [7, 11) is 0.0611. The molecule has 0 saturated heterocycles. The van der Waals surface area contributed by atoms with Gasteiger partial charge in [0.1, 0.15) is 25.5 Å². The summed E-state index contributed by atoms with van der Waals surface area (Å²) in [5.41, 5.74) is 7.25. The number of nitrogens with zero attached hydrogens (tertiary/aromatic N) is 5. The minimum atomic E-state index is -1.50. The van der Waals surface area contributed by atoms with Crippen LogP contribution in [0.2, 0.25) is 51.4 Å². The SMILES string of the molecule is COc1cc2c(cc1OCCCOc1cc3c(cc1OC)C(=O)N1C=C(C=CCN(CC4c5ccccc5-c5ccccc54)C(=O)O)C[C@H]1C(=O)N3COCC[Si](C)(C)C)N(COCC[Si](C)(C)C)C(=O)[C@@H]1CC(C)=CN1C2=O. The number of carbonyl (C=O) groups is 5. The minimum Gasteiger partial charge on any atom is -0.493 e. The number of methoxy groups -OCH3 is 2. The molecule has 0 unspecified atom stereocenters. The number of anilines is 2. The first-order valence-corrected chi connectivity index (χ1v) is 34.5. The predicted octanol–water partition coefficient (Wildman–Crippen LogP) is 10.4. The Kier molecular flexibility index (Phi) is 16.9. The Labute approximate surface area is 464 Å². The van der Waals surface area contributed by atoms with E-state index >= 15 is 0 Å². The van der Waals surface area contributed by atoms with Gasteiger partial charge < -0.3 is 48.2 Å². The van der Waals surface area contributed by atoms with Crippen LogP contribution < -0.4 is 28.7 Å². The van der Waals surface area contributed by atoms with Crippen LogP contribution >= 0.6 is 0 Å². The Morgan fingerprint density at radius 1 is 0.646 bits per heavy atom. The molecule has 1 aliphatic carbocycles. The van der Waals surface area contributed by atoms with Gasteiger partial charge in [-0.1, -0.05) is 106 Å². The van der Waals surface area contributed by atoms with Crippen molar-refractivity contribution in [3.8, 4) is 34.1 Å². The molecular formula is C60H73N5O12Si2. The third-order valence-corrected chi connectivity index (χ3v) is 18.4. The molecule has 0 saturated carbocycles. The Morgan fingerprint density at radius 3 is 1.61 bits per heavy atom. The quantitative estimate of drug-likeness (QED) is 0.0550. The number of ether oxygens (including phenoxy) is 6. The second-order valence-corrected chi connectivity index (χ2v) is 34.4. The Morgan fingerprint density at radius 2 is 1.13 bits per heavy atom. The van der Waals surface area contributed by atoms with Crippen molar-refractivity contribution < 1.29 is 57.5 Å². The fraction of sp³-hybridized carbons (Fsp3) is 0.417. The molecule has 5 aliphatic rings. The first-order chi connectivity index (χ1) is 37.7. The van der Waals surface area contributed by atoms with Gasteiger partial charge >= 0.3 is 6.09 Å². The van der Waals surface area contributed by atoms with Crippen molar-refractivity contribution in [1.29, 1.82) is 0 Å². The molecule has 4 aromatic carbocycles. The van der Waals surface area contributed by atoms with E-state index < -0.39 is 40.2 Å². The number of benzene rings is 4. The zero-order valence-corrected chi connectivity index (χ0v) is 48.8. The number of hydrogen-bond acceptors (Lipinski definition) is 11. The number of amides is 5. The maximum absolute atomic E-state index is 14.8. The standard InChI is InChI=1S/C60H73N5O12Si2/c1-39-28-50-58(68)64(37-74-24-26-78(4,5)6)48-32-54(52(72-2)30-45(48)56(66)62(50)34-39)76-22-15-23-77-55-33-49-46(31-53(55)73-3)57(67)63-35-40(29-51(63)59(69)65(49)38-75-25-27-79(7,8)9)16-14-21-61(60(70)71)36-47-43-19-12-10-17-41(43)42-18-11-13-20-44(42)47/h10-14,16-20,30-35,47,50-51H,15,21-29,36-38H2,1-9H3,(H,70,71)/t50-,51-/m0/s1. The zero-order valence-electron chi connectivity index (χ0n) is 46.8. The summed E-state index contributed by atoms with van der Waals surface area (Å²) in [6.07, 6.45) is 6.93. The molecule has 9 rings (SSSR count). The summed E-state index contributed by atoms with van der Waals surface area (Å²) < 4.78 is 36.5. The van der Waals surface area contributed by atoms with Gasteiger partial charge in [-0.25, -0.2) is 4.79 Å². The van der Waals surface area contributed by atoms with Gasteiger partial charge in [0.25, 0.3) is 23.6 Å². The van der Waals surface area contributed by atoms with Gasteiger partial charge in [0.05, 0.1) is 49.9 Å². The average molecular weight is 1110 g/mol. The van der Waals surface area contributed by atoms with E-state index in [9.17, 15) is 29.1 Å². The van der Waals surface area contributed by atoms with Crippen molar-refractivity contribution in [2.45, 2.75) is 95.6 Å². The molecule has 0 radical (unpaired) electrons. The van der Waals surface area contributed by atoms with E-state index in [-0.39, 0.29) is 81.1 Å². The molecule has 0 fully saturated rings. The first kappa shape index (κ1) is 56.5. The molecule has 4 aromatic rings. The van der Waals surface area contributed by atoms with Crippen molar-refractivity contribution in [3.63, 3.8) is 0 Å². The Bertz CT molecular complexity index is 3060. The van der Waals surface area contributed by atoms with Crippen LogP contribution in [0, 0.1) is 0 Å². The van der Waals surface area contributed by atoms with Crippen LogP contribution in [-0.2, 0) is 19.1 Å². The number of hydrogen-bond donors (Lipinski definition) is 1. The predicted molar refractivity (Wildman–Crippen MR) is 308 cm³/mol. The summed E-state index contributed by atoms with van der Waals surface area (Å²) in [5, 5.41) is 10.4. The minimum absolute atomic E-state index is 0.0228. The van der Waals surface area contributed by atoms with Gasteiger partial charge in [0.15, 0.2) is 23.0 Å². The lowest BCUT2D eigenvalue weighted by Gasteiger charge is -2.27. The molecule has 17 nitrogen and oxygen atoms in total. The van der Waals surface area contributed by atoms with E-state index in [1.54, 1.807) is 48.8 Å². The molecule has 0 aromatic heterocycles. The fourth-order valence-electron chi connectivity index (χ4n) is 10.7. The van der Waals surface area contributed by atoms with Gasteiger partial charge in [-0.3, -0.25) is 29.0 Å².